The maximum absolute atomic E-state index is 12.4. The SMILES string of the molecule is O=C(NC1(C(=O)O)CCSC1)c1cc(Br)c2c(c1)OCCO2. The van der Waals surface area contributed by atoms with Gasteiger partial charge in [-0.2, -0.15) is 11.8 Å². The third-order valence-corrected chi connectivity index (χ3v) is 5.42. The Morgan fingerprint density at radius 3 is 2.77 bits per heavy atom. The molecule has 0 spiro atoms. The lowest BCUT2D eigenvalue weighted by Crippen LogP contribution is -2.54. The first-order valence-corrected chi connectivity index (χ1v) is 8.69. The third-order valence-electron chi connectivity index (χ3n) is 3.64. The number of hydrogen-bond donors (Lipinski definition) is 2. The highest BCUT2D eigenvalue weighted by molar-refractivity contribution is 9.10. The van der Waals surface area contributed by atoms with Gasteiger partial charge in [-0.05, 0) is 40.2 Å². The molecular formula is C14H14BrNO5S. The summed E-state index contributed by atoms with van der Waals surface area (Å²) in [7, 11) is 0. The Kier molecular flexibility index (Phi) is 4.22. The van der Waals surface area contributed by atoms with Gasteiger partial charge in [0.2, 0.25) is 0 Å². The standard InChI is InChI=1S/C14H14BrNO5S/c15-9-5-8(6-10-11(9)21-3-2-20-10)12(17)16-14(13(18)19)1-4-22-7-14/h5-6H,1-4,7H2,(H,16,17)(H,18,19). The van der Waals surface area contributed by atoms with Crippen LogP contribution in [0.5, 0.6) is 11.5 Å². The van der Waals surface area contributed by atoms with Gasteiger partial charge in [0, 0.05) is 11.3 Å². The van der Waals surface area contributed by atoms with Crippen molar-refractivity contribution in [2.45, 2.75) is 12.0 Å². The Morgan fingerprint density at radius 2 is 2.09 bits per heavy atom. The van der Waals surface area contributed by atoms with Crippen LogP contribution in [0.2, 0.25) is 0 Å². The highest BCUT2D eigenvalue weighted by atomic mass is 79.9. The Bertz CT molecular complexity index is 630. The zero-order valence-corrected chi connectivity index (χ0v) is 14.0. The minimum Gasteiger partial charge on any atom is -0.486 e. The zero-order chi connectivity index (χ0) is 15.7. The maximum Gasteiger partial charge on any atom is 0.330 e. The molecule has 1 saturated heterocycles. The van der Waals surface area contributed by atoms with E-state index in [9.17, 15) is 14.7 Å². The van der Waals surface area contributed by atoms with Crippen LogP contribution in [0.4, 0.5) is 0 Å². The van der Waals surface area contributed by atoms with Crippen molar-refractivity contribution < 1.29 is 24.2 Å². The minimum atomic E-state index is -1.19. The van der Waals surface area contributed by atoms with Gasteiger partial charge in [0.15, 0.2) is 11.5 Å². The molecule has 0 aliphatic carbocycles. The van der Waals surface area contributed by atoms with E-state index in [1.165, 1.54) is 11.8 Å². The number of rotatable bonds is 3. The van der Waals surface area contributed by atoms with Crippen molar-refractivity contribution in [1.82, 2.24) is 5.32 Å². The van der Waals surface area contributed by atoms with Crippen LogP contribution in [0.3, 0.4) is 0 Å². The number of ether oxygens (including phenoxy) is 2. The highest BCUT2D eigenvalue weighted by Crippen LogP contribution is 2.38. The first kappa shape index (κ1) is 15.5. The van der Waals surface area contributed by atoms with Gasteiger partial charge in [0.1, 0.15) is 18.8 Å². The molecule has 1 unspecified atom stereocenters. The van der Waals surface area contributed by atoms with Crippen molar-refractivity contribution in [3.63, 3.8) is 0 Å². The first-order valence-electron chi connectivity index (χ1n) is 6.75. The van der Waals surface area contributed by atoms with E-state index in [1.807, 2.05) is 0 Å². The molecule has 6 nitrogen and oxygen atoms in total. The molecule has 2 aliphatic rings. The summed E-state index contributed by atoms with van der Waals surface area (Å²) in [6.07, 6.45) is 0.421. The lowest BCUT2D eigenvalue weighted by atomic mass is 9.98. The topological polar surface area (TPSA) is 84.9 Å². The molecule has 3 rings (SSSR count). The van der Waals surface area contributed by atoms with Crippen molar-refractivity contribution in [3.05, 3.63) is 22.2 Å². The van der Waals surface area contributed by atoms with Crippen LogP contribution >= 0.6 is 27.7 Å². The van der Waals surface area contributed by atoms with Crippen LogP contribution in [0.1, 0.15) is 16.8 Å². The normalized spacial score (nSPS) is 23.1. The summed E-state index contributed by atoms with van der Waals surface area (Å²) in [5, 5.41) is 12.1. The number of benzene rings is 1. The number of nitrogens with one attached hydrogen (secondary N) is 1. The molecule has 2 aliphatic heterocycles. The predicted octanol–water partition coefficient (Wildman–Crippen LogP) is 1.91. The number of aliphatic carboxylic acids is 1. The van der Waals surface area contributed by atoms with Crippen molar-refractivity contribution in [2.75, 3.05) is 24.7 Å². The predicted molar refractivity (Wildman–Crippen MR) is 84.9 cm³/mol. The second-order valence-corrected chi connectivity index (χ2v) is 7.09. The van der Waals surface area contributed by atoms with Crippen LogP contribution in [0.25, 0.3) is 0 Å². The van der Waals surface area contributed by atoms with Crippen molar-refractivity contribution in [3.8, 4) is 11.5 Å². The monoisotopic (exact) mass is 387 g/mol. The van der Waals surface area contributed by atoms with Crippen molar-refractivity contribution >= 4 is 39.6 Å². The molecule has 0 saturated carbocycles. The number of thioether (sulfide) groups is 1. The van der Waals surface area contributed by atoms with Crippen molar-refractivity contribution in [2.24, 2.45) is 0 Å². The molecular weight excluding hydrogens is 374 g/mol. The number of fused-ring (bicyclic) bond motifs is 1. The van der Waals surface area contributed by atoms with Crippen LogP contribution < -0.4 is 14.8 Å². The summed E-state index contributed by atoms with van der Waals surface area (Å²) in [4.78, 5) is 24.0. The number of hydrogen-bond acceptors (Lipinski definition) is 5. The fourth-order valence-corrected chi connectivity index (χ4v) is 4.30. The minimum absolute atomic E-state index is 0.341. The Morgan fingerprint density at radius 1 is 1.32 bits per heavy atom. The van der Waals surface area contributed by atoms with Crippen LogP contribution in [-0.4, -0.2) is 47.2 Å². The molecule has 1 aromatic carbocycles. The largest absolute Gasteiger partial charge is 0.486 e. The Balaban J connectivity index is 1.86. The molecule has 22 heavy (non-hydrogen) atoms. The van der Waals surface area contributed by atoms with Gasteiger partial charge >= 0.3 is 5.97 Å². The highest BCUT2D eigenvalue weighted by Gasteiger charge is 2.43. The van der Waals surface area contributed by atoms with E-state index < -0.39 is 17.4 Å². The van der Waals surface area contributed by atoms with Crippen LogP contribution in [0, 0.1) is 0 Å². The molecule has 0 aromatic heterocycles. The van der Waals surface area contributed by atoms with Gasteiger partial charge < -0.3 is 19.9 Å². The molecule has 1 amide bonds. The summed E-state index contributed by atoms with van der Waals surface area (Å²) in [6, 6.07) is 3.19. The van der Waals surface area contributed by atoms with E-state index in [4.69, 9.17) is 9.47 Å². The number of halogens is 1. The summed E-state index contributed by atoms with van der Waals surface area (Å²) in [6.45, 7) is 0.872. The third kappa shape index (κ3) is 2.77. The van der Waals surface area contributed by atoms with E-state index in [1.54, 1.807) is 12.1 Å². The van der Waals surface area contributed by atoms with E-state index >= 15 is 0 Å². The molecule has 0 radical (unpaired) electrons. The van der Waals surface area contributed by atoms with Gasteiger partial charge in [-0.3, -0.25) is 4.79 Å². The van der Waals surface area contributed by atoms with Crippen molar-refractivity contribution in [1.29, 1.82) is 0 Å². The van der Waals surface area contributed by atoms with Gasteiger partial charge in [-0.15, -0.1) is 0 Å². The second kappa shape index (κ2) is 6.00. The summed E-state index contributed by atoms with van der Waals surface area (Å²) >= 11 is 4.87. The molecule has 2 heterocycles. The van der Waals surface area contributed by atoms with Gasteiger partial charge in [-0.25, -0.2) is 4.79 Å². The quantitative estimate of drug-likeness (QED) is 0.823. The molecule has 118 valence electrons. The van der Waals surface area contributed by atoms with Gasteiger partial charge in [-0.1, -0.05) is 0 Å². The Labute approximate surface area is 139 Å². The van der Waals surface area contributed by atoms with E-state index in [0.717, 1.165) is 5.75 Å². The molecule has 1 fully saturated rings. The molecule has 8 heteroatoms. The fraction of sp³-hybridized carbons (Fsp3) is 0.429. The van der Waals surface area contributed by atoms with Gasteiger partial charge in [0.05, 0.1) is 4.47 Å². The molecule has 2 N–H and O–H groups in total. The summed E-state index contributed by atoms with van der Waals surface area (Å²) in [5.74, 6) is 0.713. The van der Waals surface area contributed by atoms with Crippen LogP contribution in [0.15, 0.2) is 16.6 Å². The lowest BCUT2D eigenvalue weighted by Gasteiger charge is -2.25. The average Bonchev–Trinajstić information content (AvgIpc) is 2.97. The fourth-order valence-electron chi connectivity index (χ4n) is 2.42. The van der Waals surface area contributed by atoms with E-state index in [2.05, 4.69) is 21.2 Å². The smallest absolute Gasteiger partial charge is 0.330 e. The molecule has 0 bridgehead atoms. The first-order chi connectivity index (χ1) is 10.5. The second-order valence-electron chi connectivity index (χ2n) is 5.13. The number of carbonyl (C=O) groups is 2. The summed E-state index contributed by atoms with van der Waals surface area (Å²) < 4.78 is 11.6. The van der Waals surface area contributed by atoms with Gasteiger partial charge in [0.25, 0.3) is 5.91 Å². The van der Waals surface area contributed by atoms with Crippen LogP contribution in [-0.2, 0) is 4.79 Å². The molecule has 1 aromatic rings. The number of carboxylic acids is 1. The molecule has 1 atom stereocenters. The Hall–Kier alpha value is -1.41. The van der Waals surface area contributed by atoms with E-state index in [-0.39, 0.29) is 0 Å². The number of amides is 1. The number of carboxylic acid groups (broad SMARTS) is 1. The van der Waals surface area contributed by atoms with E-state index in [0.29, 0.717) is 46.9 Å². The average molecular weight is 388 g/mol. The lowest BCUT2D eigenvalue weighted by molar-refractivity contribution is -0.143. The zero-order valence-electron chi connectivity index (χ0n) is 11.6. The maximum atomic E-state index is 12.4. The summed E-state index contributed by atoms with van der Waals surface area (Å²) in [5.41, 5.74) is -0.852. The number of carbonyl (C=O) groups excluding carboxylic acids is 1.